The number of hydrogen-bond donors (Lipinski definition) is 1. The Labute approximate surface area is 200 Å². The minimum atomic E-state index is -1.07. The molecule has 0 bridgehead atoms. The molecule has 0 saturated carbocycles. The van der Waals surface area contributed by atoms with Gasteiger partial charge in [-0.2, -0.15) is 0 Å². The molecule has 2 aromatic heterocycles. The van der Waals surface area contributed by atoms with Crippen LogP contribution in [0.4, 0.5) is 4.39 Å². The summed E-state index contributed by atoms with van der Waals surface area (Å²) in [5.41, 5.74) is 4.46. The second-order valence-corrected chi connectivity index (χ2v) is 8.78. The second-order valence-electron chi connectivity index (χ2n) is 8.37. The standard InChI is InChI=1S/C26H21ClFN3O3/c27-22-12-18(26(33)34)7-6-17(22)13-24(32)30-10-8-20-21-5-2-9-29-25(21)31(23(20)15-30)14-16-3-1-4-19(28)11-16/h1-7,9,11-12H,8,10,13-15H2,(H,33,34). The second kappa shape index (κ2) is 8.91. The minimum absolute atomic E-state index is 0.0798. The fourth-order valence-corrected chi connectivity index (χ4v) is 4.81. The highest BCUT2D eigenvalue weighted by Crippen LogP contribution is 2.31. The van der Waals surface area contributed by atoms with E-state index in [0.29, 0.717) is 31.6 Å². The number of carbonyl (C=O) groups excluding carboxylic acids is 1. The number of nitrogens with zero attached hydrogens (tertiary/aromatic N) is 3. The van der Waals surface area contributed by atoms with Crippen molar-refractivity contribution in [3.05, 3.63) is 99.6 Å². The van der Waals surface area contributed by atoms with Crippen LogP contribution in [0.1, 0.15) is 32.7 Å². The molecule has 172 valence electrons. The van der Waals surface area contributed by atoms with Crippen LogP contribution in [0, 0.1) is 5.82 Å². The number of aromatic nitrogens is 2. The Morgan fingerprint density at radius 1 is 1.12 bits per heavy atom. The van der Waals surface area contributed by atoms with E-state index in [2.05, 4.69) is 9.55 Å². The van der Waals surface area contributed by atoms with Crippen LogP contribution in [-0.4, -0.2) is 38.0 Å². The molecule has 1 N–H and O–H groups in total. The molecule has 1 aliphatic heterocycles. The molecule has 0 atom stereocenters. The molecule has 5 rings (SSSR count). The van der Waals surface area contributed by atoms with Crippen molar-refractivity contribution in [3.8, 4) is 0 Å². The molecular weight excluding hydrogens is 457 g/mol. The first-order valence-electron chi connectivity index (χ1n) is 10.9. The summed E-state index contributed by atoms with van der Waals surface area (Å²) >= 11 is 6.24. The van der Waals surface area contributed by atoms with Gasteiger partial charge in [-0.1, -0.05) is 29.8 Å². The lowest BCUT2D eigenvalue weighted by Gasteiger charge is -2.29. The lowest BCUT2D eigenvalue weighted by Crippen LogP contribution is -2.37. The van der Waals surface area contributed by atoms with Gasteiger partial charge in [0.25, 0.3) is 0 Å². The third-order valence-electron chi connectivity index (χ3n) is 6.24. The smallest absolute Gasteiger partial charge is 0.335 e. The average Bonchev–Trinajstić information content (AvgIpc) is 3.13. The molecule has 6 nitrogen and oxygen atoms in total. The zero-order valence-corrected chi connectivity index (χ0v) is 18.9. The van der Waals surface area contributed by atoms with Crippen LogP contribution < -0.4 is 0 Å². The van der Waals surface area contributed by atoms with Gasteiger partial charge in [0.2, 0.25) is 5.91 Å². The van der Waals surface area contributed by atoms with Crippen LogP contribution in [-0.2, 0) is 30.7 Å². The predicted octanol–water partition coefficient (Wildman–Crippen LogP) is 4.70. The molecular formula is C26H21ClFN3O3. The number of amides is 1. The molecule has 0 fully saturated rings. The van der Waals surface area contributed by atoms with E-state index in [0.717, 1.165) is 27.9 Å². The van der Waals surface area contributed by atoms with Crippen LogP contribution in [0.15, 0.2) is 60.8 Å². The zero-order valence-electron chi connectivity index (χ0n) is 18.2. The van der Waals surface area contributed by atoms with E-state index in [9.17, 15) is 14.0 Å². The van der Waals surface area contributed by atoms with Crippen molar-refractivity contribution in [2.24, 2.45) is 0 Å². The summed E-state index contributed by atoms with van der Waals surface area (Å²) in [6.45, 7) is 1.42. The number of fused-ring (bicyclic) bond motifs is 3. The normalized spacial score (nSPS) is 13.2. The van der Waals surface area contributed by atoms with E-state index in [1.165, 1.54) is 24.3 Å². The number of rotatable bonds is 5. The first kappa shape index (κ1) is 22.1. The van der Waals surface area contributed by atoms with Gasteiger partial charge in [-0.05, 0) is 59.5 Å². The van der Waals surface area contributed by atoms with E-state index in [1.54, 1.807) is 23.2 Å². The molecule has 0 unspecified atom stereocenters. The van der Waals surface area contributed by atoms with Gasteiger partial charge in [0.1, 0.15) is 11.5 Å². The van der Waals surface area contributed by atoms with Gasteiger partial charge in [0.05, 0.1) is 18.5 Å². The van der Waals surface area contributed by atoms with Crippen LogP contribution in [0.2, 0.25) is 5.02 Å². The van der Waals surface area contributed by atoms with Gasteiger partial charge >= 0.3 is 5.97 Å². The maximum Gasteiger partial charge on any atom is 0.335 e. The van der Waals surface area contributed by atoms with E-state index < -0.39 is 5.97 Å². The van der Waals surface area contributed by atoms with Gasteiger partial charge in [0.15, 0.2) is 0 Å². The van der Waals surface area contributed by atoms with E-state index >= 15 is 0 Å². The maximum absolute atomic E-state index is 13.8. The van der Waals surface area contributed by atoms with Crippen molar-refractivity contribution in [2.75, 3.05) is 6.54 Å². The lowest BCUT2D eigenvalue weighted by molar-refractivity contribution is -0.131. The number of carbonyl (C=O) groups is 2. The Kier molecular flexibility index (Phi) is 5.79. The van der Waals surface area contributed by atoms with Gasteiger partial charge in [-0.25, -0.2) is 14.2 Å². The summed E-state index contributed by atoms with van der Waals surface area (Å²) in [5.74, 6) is -1.45. The van der Waals surface area contributed by atoms with Gasteiger partial charge in [0, 0.05) is 35.4 Å². The summed E-state index contributed by atoms with van der Waals surface area (Å²) in [4.78, 5) is 30.7. The molecule has 1 amide bonds. The van der Waals surface area contributed by atoms with Crippen molar-refractivity contribution in [1.82, 2.24) is 14.5 Å². The Bertz CT molecular complexity index is 1430. The monoisotopic (exact) mass is 477 g/mol. The van der Waals surface area contributed by atoms with Crippen molar-refractivity contribution < 1.29 is 19.1 Å². The molecule has 0 aliphatic carbocycles. The number of hydrogen-bond acceptors (Lipinski definition) is 3. The van der Waals surface area contributed by atoms with Crippen molar-refractivity contribution in [1.29, 1.82) is 0 Å². The molecule has 0 radical (unpaired) electrons. The summed E-state index contributed by atoms with van der Waals surface area (Å²) < 4.78 is 15.9. The molecule has 1 aliphatic rings. The first-order valence-corrected chi connectivity index (χ1v) is 11.3. The Hall–Kier alpha value is -3.71. The van der Waals surface area contributed by atoms with Crippen molar-refractivity contribution >= 4 is 34.5 Å². The van der Waals surface area contributed by atoms with Gasteiger partial charge < -0.3 is 14.6 Å². The van der Waals surface area contributed by atoms with Crippen LogP contribution in [0.5, 0.6) is 0 Å². The predicted molar refractivity (Wildman–Crippen MR) is 126 cm³/mol. The molecule has 4 aromatic rings. The Balaban J connectivity index is 1.44. The number of carboxylic acid groups (broad SMARTS) is 1. The fraction of sp³-hybridized carbons (Fsp3) is 0.192. The lowest BCUT2D eigenvalue weighted by atomic mass is 10.0. The minimum Gasteiger partial charge on any atom is -0.478 e. The molecule has 3 heterocycles. The summed E-state index contributed by atoms with van der Waals surface area (Å²) in [5, 5.41) is 10.4. The summed E-state index contributed by atoms with van der Waals surface area (Å²) in [7, 11) is 0. The van der Waals surface area contributed by atoms with Crippen LogP contribution in [0.3, 0.4) is 0 Å². The number of aromatic carboxylic acids is 1. The first-order chi connectivity index (χ1) is 16.4. The number of pyridine rings is 1. The van der Waals surface area contributed by atoms with Gasteiger partial charge in [-0.15, -0.1) is 0 Å². The molecule has 0 saturated heterocycles. The molecule has 0 spiro atoms. The van der Waals surface area contributed by atoms with E-state index in [4.69, 9.17) is 16.7 Å². The van der Waals surface area contributed by atoms with Crippen LogP contribution >= 0.6 is 11.6 Å². The highest BCUT2D eigenvalue weighted by molar-refractivity contribution is 6.31. The van der Waals surface area contributed by atoms with E-state index in [-0.39, 0.29) is 28.7 Å². The maximum atomic E-state index is 13.8. The van der Waals surface area contributed by atoms with E-state index in [1.807, 2.05) is 18.2 Å². The quantitative estimate of drug-likeness (QED) is 0.452. The Morgan fingerprint density at radius 3 is 2.74 bits per heavy atom. The third kappa shape index (κ3) is 4.15. The van der Waals surface area contributed by atoms with Crippen LogP contribution in [0.25, 0.3) is 11.0 Å². The molecule has 2 aromatic carbocycles. The molecule has 8 heteroatoms. The van der Waals surface area contributed by atoms with Crippen molar-refractivity contribution in [2.45, 2.75) is 25.9 Å². The average molecular weight is 478 g/mol. The Morgan fingerprint density at radius 2 is 1.97 bits per heavy atom. The summed E-state index contributed by atoms with van der Waals surface area (Å²) in [6.07, 6.45) is 2.50. The summed E-state index contributed by atoms with van der Waals surface area (Å²) in [6, 6.07) is 14.8. The fourth-order valence-electron chi connectivity index (χ4n) is 4.56. The highest BCUT2D eigenvalue weighted by Gasteiger charge is 2.27. The topological polar surface area (TPSA) is 75.4 Å². The number of halogens is 2. The largest absolute Gasteiger partial charge is 0.478 e. The number of benzene rings is 2. The third-order valence-corrected chi connectivity index (χ3v) is 6.59. The SMILES string of the molecule is O=C(O)c1ccc(CC(=O)N2CCc3c(n(Cc4cccc(F)c4)c4ncccc34)C2)c(Cl)c1. The highest BCUT2D eigenvalue weighted by atomic mass is 35.5. The zero-order chi connectivity index (χ0) is 23.8. The number of carboxylic acids is 1. The van der Waals surface area contributed by atoms with Gasteiger partial charge in [-0.3, -0.25) is 4.79 Å². The van der Waals surface area contributed by atoms with Crippen molar-refractivity contribution in [3.63, 3.8) is 0 Å². The molecule has 34 heavy (non-hydrogen) atoms.